The second-order valence-corrected chi connectivity index (χ2v) is 4.09. The molecule has 1 aliphatic carbocycles. The number of ether oxygens (including phenoxy) is 2. The zero-order valence-corrected chi connectivity index (χ0v) is 10.1. The molecule has 17 heavy (non-hydrogen) atoms. The Morgan fingerprint density at radius 3 is 2.59 bits per heavy atom. The van der Waals surface area contributed by atoms with Gasteiger partial charge in [-0.3, -0.25) is 0 Å². The highest BCUT2D eigenvalue weighted by molar-refractivity contribution is 5.32. The highest BCUT2D eigenvalue weighted by Gasteiger charge is 2.29. The van der Waals surface area contributed by atoms with E-state index in [9.17, 15) is 0 Å². The Morgan fingerprint density at radius 1 is 1.12 bits per heavy atom. The van der Waals surface area contributed by atoms with E-state index in [1.54, 1.807) is 7.11 Å². The van der Waals surface area contributed by atoms with Crippen molar-refractivity contribution in [1.29, 1.82) is 0 Å². The van der Waals surface area contributed by atoms with Crippen molar-refractivity contribution in [2.24, 2.45) is 0 Å². The molecule has 1 atom stereocenters. The van der Waals surface area contributed by atoms with Crippen LogP contribution in [0.25, 0.3) is 0 Å². The predicted octanol–water partition coefficient (Wildman–Crippen LogP) is 3.06. The Bertz CT molecular complexity index is 395. The first-order chi connectivity index (χ1) is 8.37. The summed E-state index contributed by atoms with van der Waals surface area (Å²) in [5, 5.41) is 0. The maximum Gasteiger partial charge on any atom is 0.115 e. The van der Waals surface area contributed by atoms with E-state index in [1.807, 2.05) is 24.3 Å². The number of rotatable bonds is 5. The minimum absolute atomic E-state index is 0.325. The van der Waals surface area contributed by atoms with E-state index in [-0.39, 0.29) is 5.60 Å². The molecule has 2 heteroatoms. The van der Waals surface area contributed by atoms with Gasteiger partial charge in [-0.05, 0) is 11.6 Å². The van der Waals surface area contributed by atoms with Crippen LogP contribution in [0.2, 0.25) is 0 Å². The summed E-state index contributed by atoms with van der Waals surface area (Å²) < 4.78 is 11.1. The molecule has 0 aromatic heterocycles. The molecule has 1 aromatic rings. The number of methoxy groups -OCH3 is 1. The first kappa shape index (κ1) is 12.1. The van der Waals surface area contributed by atoms with Crippen molar-refractivity contribution in [3.63, 3.8) is 0 Å². The van der Waals surface area contributed by atoms with Crippen LogP contribution >= 0.6 is 0 Å². The first-order valence-corrected chi connectivity index (χ1v) is 5.90. The molecule has 0 saturated heterocycles. The molecule has 0 N–H and O–H groups in total. The summed E-state index contributed by atoms with van der Waals surface area (Å²) in [6.07, 6.45) is 9.24. The third-order valence-corrected chi connectivity index (χ3v) is 2.94. The maximum absolute atomic E-state index is 6.03. The monoisotopic (exact) mass is 230 g/mol. The van der Waals surface area contributed by atoms with E-state index in [0.29, 0.717) is 13.2 Å². The largest absolute Gasteiger partial charge is 0.382 e. The molecule has 1 aromatic carbocycles. The van der Waals surface area contributed by atoms with Crippen molar-refractivity contribution >= 4 is 0 Å². The molecule has 0 saturated carbocycles. The molecule has 2 rings (SSSR count). The van der Waals surface area contributed by atoms with E-state index >= 15 is 0 Å². The topological polar surface area (TPSA) is 18.5 Å². The number of benzene rings is 1. The number of hydrogen-bond donors (Lipinski definition) is 0. The van der Waals surface area contributed by atoms with Gasteiger partial charge in [0.05, 0.1) is 13.2 Å². The molecule has 0 heterocycles. The zero-order chi connectivity index (χ0) is 12.0. The fraction of sp³-hybridized carbons (Fsp3) is 0.333. The summed E-state index contributed by atoms with van der Waals surface area (Å²) in [5.41, 5.74) is 0.867. The van der Waals surface area contributed by atoms with Crippen LogP contribution in [0.3, 0.4) is 0 Å². The van der Waals surface area contributed by atoms with Crippen molar-refractivity contribution in [3.05, 3.63) is 60.2 Å². The quantitative estimate of drug-likeness (QED) is 0.724. The Balaban J connectivity index is 2.19. The lowest BCUT2D eigenvalue weighted by molar-refractivity contribution is -0.0342. The summed E-state index contributed by atoms with van der Waals surface area (Å²) in [5.74, 6) is 0. The summed E-state index contributed by atoms with van der Waals surface area (Å²) in [4.78, 5) is 0. The molecule has 1 unspecified atom stereocenters. The fourth-order valence-electron chi connectivity index (χ4n) is 2.03. The molecular formula is C15H18O2. The molecule has 0 spiro atoms. The van der Waals surface area contributed by atoms with Gasteiger partial charge in [-0.2, -0.15) is 0 Å². The predicted molar refractivity (Wildman–Crippen MR) is 68.8 cm³/mol. The van der Waals surface area contributed by atoms with E-state index in [0.717, 1.165) is 6.42 Å². The van der Waals surface area contributed by atoms with E-state index in [4.69, 9.17) is 9.47 Å². The fourth-order valence-corrected chi connectivity index (χ4v) is 2.03. The Hall–Kier alpha value is -1.38. The molecule has 0 radical (unpaired) electrons. The van der Waals surface area contributed by atoms with Crippen LogP contribution in [0, 0.1) is 0 Å². The van der Waals surface area contributed by atoms with Crippen LogP contribution in [0.1, 0.15) is 12.0 Å². The van der Waals surface area contributed by atoms with Gasteiger partial charge in [-0.25, -0.2) is 0 Å². The lowest BCUT2D eigenvalue weighted by Crippen LogP contribution is -2.29. The van der Waals surface area contributed by atoms with Crippen molar-refractivity contribution in [2.75, 3.05) is 20.3 Å². The molecular weight excluding hydrogens is 212 g/mol. The van der Waals surface area contributed by atoms with Gasteiger partial charge >= 0.3 is 0 Å². The lowest BCUT2D eigenvalue weighted by atomic mass is 9.87. The molecule has 1 aliphatic rings. The third-order valence-electron chi connectivity index (χ3n) is 2.94. The second kappa shape index (κ2) is 5.80. The maximum atomic E-state index is 6.03. The molecule has 0 bridgehead atoms. The Morgan fingerprint density at radius 2 is 1.94 bits per heavy atom. The first-order valence-electron chi connectivity index (χ1n) is 5.90. The summed E-state index contributed by atoms with van der Waals surface area (Å²) >= 11 is 0. The van der Waals surface area contributed by atoms with Gasteiger partial charge in [-0.1, -0.05) is 48.6 Å². The molecule has 2 nitrogen and oxygen atoms in total. The van der Waals surface area contributed by atoms with Crippen LogP contribution < -0.4 is 0 Å². The van der Waals surface area contributed by atoms with Crippen molar-refractivity contribution in [1.82, 2.24) is 0 Å². The minimum atomic E-state index is -0.325. The van der Waals surface area contributed by atoms with Gasteiger partial charge in [0.15, 0.2) is 0 Å². The zero-order valence-electron chi connectivity index (χ0n) is 10.1. The van der Waals surface area contributed by atoms with Gasteiger partial charge in [0.25, 0.3) is 0 Å². The van der Waals surface area contributed by atoms with E-state index < -0.39 is 0 Å². The van der Waals surface area contributed by atoms with Crippen molar-refractivity contribution in [2.45, 2.75) is 12.0 Å². The van der Waals surface area contributed by atoms with Gasteiger partial charge in [-0.15, -0.1) is 0 Å². The molecule has 0 aliphatic heterocycles. The standard InChI is InChI=1S/C15H18O2/c1-16-12-13-17-15(10-6-3-7-11-15)14-8-4-2-5-9-14/h2-10H,11-13H2,1H3. The molecule has 0 fully saturated rings. The van der Waals surface area contributed by atoms with Crippen LogP contribution in [-0.2, 0) is 15.1 Å². The van der Waals surface area contributed by atoms with Gasteiger partial charge < -0.3 is 9.47 Å². The molecule has 0 amide bonds. The Labute approximate surface area is 103 Å². The summed E-state index contributed by atoms with van der Waals surface area (Å²) in [7, 11) is 1.69. The normalized spacial score (nSPS) is 22.9. The number of allylic oxidation sites excluding steroid dienone is 2. The van der Waals surface area contributed by atoms with Gasteiger partial charge in [0, 0.05) is 13.5 Å². The minimum Gasteiger partial charge on any atom is -0.382 e. The van der Waals surface area contributed by atoms with E-state index in [2.05, 4.69) is 30.4 Å². The molecule has 90 valence electrons. The van der Waals surface area contributed by atoms with Crippen LogP contribution in [-0.4, -0.2) is 20.3 Å². The lowest BCUT2D eigenvalue weighted by Gasteiger charge is -2.32. The third kappa shape index (κ3) is 2.84. The summed E-state index contributed by atoms with van der Waals surface area (Å²) in [6.45, 7) is 1.22. The SMILES string of the molecule is COCCOC1(c2ccccc2)C=CC=CC1. The second-order valence-electron chi connectivity index (χ2n) is 4.09. The van der Waals surface area contributed by atoms with Crippen molar-refractivity contribution < 1.29 is 9.47 Å². The van der Waals surface area contributed by atoms with Gasteiger partial charge in [0.1, 0.15) is 5.60 Å². The van der Waals surface area contributed by atoms with E-state index in [1.165, 1.54) is 5.56 Å². The highest BCUT2D eigenvalue weighted by atomic mass is 16.5. The average molecular weight is 230 g/mol. The average Bonchev–Trinajstić information content (AvgIpc) is 2.41. The smallest absolute Gasteiger partial charge is 0.115 e. The van der Waals surface area contributed by atoms with Crippen LogP contribution in [0.15, 0.2) is 54.6 Å². The Kier molecular flexibility index (Phi) is 4.13. The highest BCUT2D eigenvalue weighted by Crippen LogP contribution is 2.33. The van der Waals surface area contributed by atoms with Crippen LogP contribution in [0.5, 0.6) is 0 Å². The number of hydrogen-bond acceptors (Lipinski definition) is 2. The van der Waals surface area contributed by atoms with Crippen molar-refractivity contribution in [3.8, 4) is 0 Å². The van der Waals surface area contributed by atoms with Crippen LogP contribution in [0.4, 0.5) is 0 Å². The van der Waals surface area contributed by atoms with Gasteiger partial charge in [0.2, 0.25) is 0 Å². The summed E-state index contributed by atoms with van der Waals surface area (Å²) in [6, 6.07) is 10.3.